The second kappa shape index (κ2) is 5.22. The van der Waals surface area contributed by atoms with E-state index in [1.807, 2.05) is 12.4 Å². The summed E-state index contributed by atoms with van der Waals surface area (Å²) < 4.78 is 1.08. The van der Waals surface area contributed by atoms with Crippen molar-refractivity contribution in [3.63, 3.8) is 0 Å². The molecule has 0 saturated heterocycles. The molecule has 1 aliphatic heterocycles. The van der Waals surface area contributed by atoms with Gasteiger partial charge in [0.2, 0.25) is 5.95 Å². The Morgan fingerprint density at radius 1 is 1.06 bits per heavy atom. The standard InChI is InChI=1S/C14H14IN3/c15-13-8-16-14(17-9-13)18-7-3-6-11-4-1-2-5-12(11)10-18/h1-2,4-5,8-9H,3,6-7,10H2. The van der Waals surface area contributed by atoms with Crippen LogP contribution in [-0.2, 0) is 13.0 Å². The van der Waals surface area contributed by atoms with Crippen molar-refractivity contribution in [3.8, 4) is 0 Å². The van der Waals surface area contributed by atoms with Crippen LogP contribution in [-0.4, -0.2) is 16.5 Å². The van der Waals surface area contributed by atoms with Crippen molar-refractivity contribution in [2.45, 2.75) is 19.4 Å². The lowest BCUT2D eigenvalue weighted by Crippen LogP contribution is -2.24. The van der Waals surface area contributed by atoms with Crippen molar-refractivity contribution >= 4 is 28.5 Å². The number of aryl methyl sites for hydroxylation is 1. The Bertz CT molecular complexity index is 539. The molecule has 2 aromatic rings. The Hall–Kier alpha value is -1.17. The molecular weight excluding hydrogens is 337 g/mol. The van der Waals surface area contributed by atoms with Gasteiger partial charge in [-0.15, -0.1) is 0 Å². The third kappa shape index (κ3) is 2.48. The van der Waals surface area contributed by atoms with Gasteiger partial charge in [0.15, 0.2) is 0 Å². The average Bonchev–Trinajstić information content (AvgIpc) is 2.61. The summed E-state index contributed by atoms with van der Waals surface area (Å²) in [5, 5.41) is 0. The molecule has 18 heavy (non-hydrogen) atoms. The van der Waals surface area contributed by atoms with Gasteiger partial charge in [-0.1, -0.05) is 24.3 Å². The molecule has 0 fully saturated rings. The van der Waals surface area contributed by atoms with E-state index in [0.29, 0.717) is 0 Å². The first-order valence-electron chi connectivity index (χ1n) is 6.12. The van der Waals surface area contributed by atoms with E-state index in [9.17, 15) is 0 Å². The topological polar surface area (TPSA) is 29.0 Å². The molecule has 92 valence electrons. The van der Waals surface area contributed by atoms with Gasteiger partial charge < -0.3 is 4.90 Å². The van der Waals surface area contributed by atoms with E-state index in [0.717, 1.165) is 35.4 Å². The molecule has 0 bridgehead atoms. The first kappa shape index (κ1) is 11.9. The van der Waals surface area contributed by atoms with Crippen molar-refractivity contribution in [1.82, 2.24) is 9.97 Å². The SMILES string of the molecule is Ic1cnc(N2CCCc3ccccc3C2)nc1. The van der Waals surface area contributed by atoms with E-state index in [4.69, 9.17) is 0 Å². The number of hydrogen-bond acceptors (Lipinski definition) is 3. The Morgan fingerprint density at radius 3 is 2.56 bits per heavy atom. The first-order valence-corrected chi connectivity index (χ1v) is 7.20. The van der Waals surface area contributed by atoms with Crippen molar-refractivity contribution < 1.29 is 0 Å². The summed E-state index contributed by atoms with van der Waals surface area (Å²) in [6.07, 6.45) is 6.06. The number of aromatic nitrogens is 2. The van der Waals surface area contributed by atoms with Gasteiger partial charge in [0.1, 0.15) is 0 Å². The zero-order valence-electron chi connectivity index (χ0n) is 10.0. The number of hydrogen-bond donors (Lipinski definition) is 0. The van der Waals surface area contributed by atoms with Crippen LogP contribution in [0.2, 0.25) is 0 Å². The van der Waals surface area contributed by atoms with Crippen LogP contribution < -0.4 is 4.90 Å². The summed E-state index contributed by atoms with van der Waals surface area (Å²) in [6.45, 7) is 1.94. The lowest BCUT2D eigenvalue weighted by Gasteiger charge is -2.20. The van der Waals surface area contributed by atoms with Gasteiger partial charge in [-0.25, -0.2) is 9.97 Å². The molecule has 1 aliphatic rings. The zero-order chi connectivity index (χ0) is 12.4. The summed E-state index contributed by atoms with van der Waals surface area (Å²) in [5.74, 6) is 0.840. The number of anilines is 1. The van der Waals surface area contributed by atoms with E-state index in [2.05, 4.69) is 61.7 Å². The summed E-state index contributed by atoms with van der Waals surface area (Å²) in [7, 11) is 0. The van der Waals surface area contributed by atoms with E-state index in [1.165, 1.54) is 11.1 Å². The van der Waals surface area contributed by atoms with Gasteiger partial charge >= 0.3 is 0 Å². The molecule has 0 unspecified atom stereocenters. The third-order valence-electron chi connectivity index (χ3n) is 3.24. The second-order valence-electron chi connectivity index (χ2n) is 4.50. The molecule has 0 saturated carbocycles. The van der Waals surface area contributed by atoms with E-state index in [-0.39, 0.29) is 0 Å². The highest BCUT2D eigenvalue weighted by molar-refractivity contribution is 14.1. The molecular formula is C14H14IN3. The minimum absolute atomic E-state index is 0.840. The second-order valence-corrected chi connectivity index (χ2v) is 5.74. The number of benzene rings is 1. The smallest absolute Gasteiger partial charge is 0.225 e. The quantitative estimate of drug-likeness (QED) is 0.740. The van der Waals surface area contributed by atoms with Crippen LogP contribution in [0.3, 0.4) is 0 Å². The highest BCUT2D eigenvalue weighted by Crippen LogP contribution is 2.21. The Labute approximate surface area is 120 Å². The van der Waals surface area contributed by atoms with Crippen molar-refractivity contribution in [3.05, 3.63) is 51.4 Å². The van der Waals surface area contributed by atoms with Crippen molar-refractivity contribution in [2.75, 3.05) is 11.4 Å². The van der Waals surface area contributed by atoms with Gasteiger partial charge in [-0.3, -0.25) is 0 Å². The van der Waals surface area contributed by atoms with Crippen molar-refractivity contribution in [1.29, 1.82) is 0 Å². The molecule has 0 amide bonds. The van der Waals surface area contributed by atoms with E-state index >= 15 is 0 Å². The number of nitrogens with zero attached hydrogens (tertiary/aromatic N) is 3. The Kier molecular flexibility index (Phi) is 3.45. The molecule has 1 aromatic heterocycles. The number of fused-ring (bicyclic) bond motifs is 1. The van der Waals surface area contributed by atoms with Gasteiger partial charge in [0.05, 0.1) is 0 Å². The van der Waals surface area contributed by atoms with Gasteiger partial charge in [-0.05, 0) is 46.6 Å². The van der Waals surface area contributed by atoms with E-state index in [1.54, 1.807) is 0 Å². The lowest BCUT2D eigenvalue weighted by molar-refractivity contribution is 0.740. The fourth-order valence-corrected chi connectivity index (χ4v) is 2.62. The number of halogens is 1. The molecule has 0 atom stereocenters. The normalized spacial score (nSPS) is 15.1. The largest absolute Gasteiger partial charge is 0.336 e. The maximum atomic E-state index is 4.42. The average molecular weight is 351 g/mol. The molecule has 0 N–H and O–H groups in total. The van der Waals surface area contributed by atoms with Crippen LogP contribution in [0, 0.1) is 3.57 Å². The summed E-state index contributed by atoms with van der Waals surface area (Å²) in [6, 6.07) is 8.67. The predicted molar refractivity (Wildman–Crippen MR) is 80.6 cm³/mol. The maximum absolute atomic E-state index is 4.42. The van der Waals surface area contributed by atoms with Crippen LogP contribution in [0.5, 0.6) is 0 Å². The Balaban J connectivity index is 1.89. The van der Waals surface area contributed by atoms with Gasteiger partial charge in [-0.2, -0.15) is 0 Å². The minimum Gasteiger partial charge on any atom is -0.336 e. The monoisotopic (exact) mass is 351 g/mol. The third-order valence-corrected chi connectivity index (χ3v) is 3.80. The lowest BCUT2D eigenvalue weighted by atomic mass is 10.0. The van der Waals surface area contributed by atoms with Crippen molar-refractivity contribution in [2.24, 2.45) is 0 Å². The fourth-order valence-electron chi connectivity index (χ4n) is 2.34. The molecule has 0 radical (unpaired) electrons. The highest BCUT2D eigenvalue weighted by atomic mass is 127. The van der Waals surface area contributed by atoms with Crippen LogP contribution in [0.25, 0.3) is 0 Å². The van der Waals surface area contributed by atoms with E-state index < -0.39 is 0 Å². The molecule has 1 aromatic carbocycles. The molecule has 0 aliphatic carbocycles. The summed E-state index contributed by atoms with van der Waals surface area (Å²) >= 11 is 2.23. The molecule has 0 spiro atoms. The van der Waals surface area contributed by atoms with Crippen LogP contribution in [0.1, 0.15) is 17.5 Å². The maximum Gasteiger partial charge on any atom is 0.225 e. The molecule has 3 rings (SSSR count). The zero-order valence-corrected chi connectivity index (χ0v) is 12.2. The van der Waals surface area contributed by atoms with Gasteiger partial charge in [0.25, 0.3) is 0 Å². The van der Waals surface area contributed by atoms with Crippen LogP contribution in [0.15, 0.2) is 36.7 Å². The first-order chi connectivity index (χ1) is 8.83. The summed E-state index contributed by atoms with van der Waals surface area (Å²) in [4.78, 5) is 11.1. The minimum atomic E-state index is 0.840. The highest BCUT2D eigenvalue weighted by Gasteiger charge is 2.15. The summed E-state index contributed by atoms with van der Waals surface area (Å²) in [5.41, 5.74) is 2.86. The fraction of sp³-hybridized carbons (Fsp3) is 0.286. The Morgan fingerprint density at radius 2 is 1.78 bits per heavy atom. The van der Waals surface area contributed by atoms with Gasteiger partial charge in [0, 0.05) is 29.1 Å². The number of rotatable bonds is 1. The molecule has 3 nitrogen and oxygen atoms in total. The van der Waals surface area contributed by atoms with Crippen LogP contribution >= 0.6 is 22.6 Å². The molecule has 2 heterocycles. The predicted octanol–water partition coefficient (Wildman–Crippen LogP) is 3.03. The van der Waals surface area contributed by atoms with Crippen LogP contribution in [0.4, 0.5) is 5.95 Å². The molecule has 4 heteroatoms.